The van der Waals surface area contributed by atoms with E-state index in [1.54, 1.807) is 26.4 Å². The van der Waals surface area contributed by atoms with Crippen molar-refractivity contribution in [1.29, 1.82) is 5.26 Å². The zero-order valence-corrected chi connectivity index (χ0v) is 13.9. The predicted octanol–water partition coefficient (Wildman–Crippen LogP) is 2.79. The van der Waals surface area contributed by atoms with E-state index in [9.17, 15) is 10.1 Å². The third-order valence-electron chi connectivity index (χ3n) is 4.28. The number of carbonyl (C=O) groups excluding carboxylic acids is 1. The van der Waals surface area contributed by atoms with E-state index in [4.69, 9.17) is 9.47 Å². The zero-order valence-electron chi connectivity index (χ0n) is 13.9. The molecule has 2 rings (SSSR count). The van der Waals surface area contributed by atoms with Gasteiger partial charge in [-0.2, -0.15) is 5.26 Å². The largest absolute Gasteiger partial charge is 0.497 e. The first-order valence-electron chi connectivity index (χ1n) is 8.09. The lowest BCUT2D eigenvalue weighted by Crippen LogP contribution is -2.37. The molecular formula is C18H24N2O3. The van der Waals surface area contributed by atoms with Gasteiger partial charge in [-0.05, 0) is 36.6 Å². The number of rotatable bonds is 5. The summed E-state index contributed by atoms with van der Waals surface area (Å²) in [6.45, 7) is 1.51. The molecule has 0 saturated carbocycles. The topological polar surface area (TPSA) is 62.6 Å². The Morgan fingerprint density at radius 3 is 2.48 bits per heavy atom. The van der Waals surface area contributed by atoms with Crippen LogP contribution in [0.2, 0.25) is 0 Å². The van der Waals surface area contributed by atoms with Crippen LogP contribution in [0.25, 0.3) is 0 Å². The van der Waals surface area contributed by atoms with Crippen LogP contribution in [0.5, 0.6) is 11.5 Å². The van der Waals surface area contributed by atoms with Crippen molar-refractivity contribution in [3.05, 3.63) is 23.8 Å². The Morgan fingerprint density at radius 1 is 1.22 bits per heavy atom. The lowest BCUT2D eigenvalue weighted by atomic mass is 9.98. The Bertz CT molecular complexity index is 572. The highest BCUT2D eigenvalue weighted by molar-refractivity contribution is 5.81. The van der Waals surface area contributed by atoms with E-state index < -0.39 is 5.92 Å². The molecule has 0 radical (unpaired) electrons. The van der Waals surface area contributed by atoms with Crippen LogP contribution in [0.15, 0.2) is 18.2 Å². The van der Waals surface area contributed by atoms with Crippen molar-refractivity contribution >= 4 is 5.91 Å². The molecule has 1 heterocycles. The summed E-state index contributed by atoms with van der Waals surface area (Å²) in [5.41, 5.74) is 0.821. The van der Waals surface area contributed by atoms with Crippen molar-refractivity contribution in [2.75, 3.05) is 27.3 Å². The lowest BCUT2D eigenvalue weighted by Gasteiger charge is -2.23. The van der Waals surface area contributed by atoms with Crippen LogP contribution < -0.4 is 9.47 Å². The quantitative estimate of drug-likeness (QED) is 0.838. The maximum Gasteiger partial charge on any atom is 0.240 e. The molecule has 5 heteroatoms. The number of amides is 1. The maximum atomic E-state index is 12.7. The van der Waals surface area contributed by atoms with E-state index in [1.807, 2.05) is 11.0 Å². The highest BCUT2D eigenvalue weighted by Crippen LogP contribution is 2.27. The number of hydrogen-bond acceptors (Lipinski definition) is 4. The second kappa shape index (κ2) is 8.42. The summed E-state index contributed by atoms with van der Waals surface area (Å²) in [7, 11) is 3.18. The van der Waals surface area contributed by atoms with Crippen LogP contribution in [0.1, 0.15) is 31.2 Å². The fraction of sp³-hybridized carbons (Fsp3) is 0.556. The van der Waals surface area contributed by atoms with Gasteiger partial charge in [-0.15, -0.1) is 0 Å². The second-order valence-electron chi connectivity index (χ2n) is 5.80. The summed E-state index contributed by atoms with van der Waals surface area (Å²) in [4.78, 5) is 14.5. The molecule has 0 bridgehead atoms. The van der Waals surface area contributed by atoms with Crippen molar-refractivity contribution in [3.63, 3.8) is 0 Å². The summed E-state index contributed by atoms with van der Waals surface area (Å²) in [6.07, 6.45) is 4.69. The Kier molecular flexibility index (Phi) is 6.28. The number of carbonyl (C=O) groups is 1. The number of ether oxygens (including phenoxy) is 2. The molecule has 0 N–H and O–H groups in total. The molecule has 5 nitrogen and oxygen atoms in total. The number of benzene rings is 1. The standard InChI is InChI=1S/C18H24N2O3/c1-22-16-7-8-17(23-2)14(12-16)11-15(13-19)18(21)20-9-5-3-4-6-10-20/h7-8,12,15H,3-6,9-11H2,1-2H3. The molecule has 1 unspecified atom stereocenters. The molecule has 1 aromatic rings. The van der Waals surface area contributed by atoms with Gasteiger partial charge in [-0.3, -0.25) is 4.79 Å². The molecule has 1 atom stereocenters. The van der Waals surface area contributed by atoms with Crippen molar-refractivity contribution in [3.8, 4) is 17.6 Å². The predicted molar refractivity (Wildman–Crippen MR) is 87.4 cm³/mol. The van der Waals surface area contributed by atoms with Gasteiger partial charge < -0.3 is 14.4 Å². The van der Waals surface area contributed by atoms with Gasteiger partial charge >= 0.3 is 0 Å². The Balaban J connectivity index is 2.15. The molecule has 1 aliphatic heterocycles. The maximum absolute atomic E-state index is 12.7. The van der Waals surface area contributed by atoms with Gasteiger partial charge in [0.15, 0.2) is 0 Å². The summed E-state index contributed by atoms with van der Waals surface area (Å²) >= 11 is 0. The highest BCUT2D eigenvalue weighted by atomic mass is 16.5. The van der Waals surface area contributed by atoms with E-state index in [-0.39, 0.29) is 5.91 Å². The number of nitriles is 1. The highest BCUT2D eigenvalue weighted by Gasteiger charge is 2.26. The van der Waals surface area contributed by atoms with Gasteiger partial charge in [-0.1, -0.05) is 12.8 Å². The van der Waals surface area contributed by atoms with Gasteiger partial charge in [0.25, 0.3) is 0 Å². The van der Waals surface area contributed by atoms with E-state index in [0.717, 1.165) is 44.3 Å². The smallest absolute Gasteiger partial charge is 0.240 e. The second-order valence-corrected chi connectivity index (χ2v) is 5.80. The molecule has 0 aromatic heterocycles. The minimum Gasteiger partial charge on any atom is -0.497 e. The first kappa shape index (κ1) is 17.1. The third kappa shape index (κ3) is 4.38. The molecule has 1 aliphatic rings. The SMILES string of the molecule is COc1ccc(OC)c(CC(C#N)C(=O)N2CCCCCC2)c1. The van der Waals surface area contributed by atoms with Crippen molar-refractivity contribution in [1.82, 2.24) is 4.90 Å². The minimum atomic E-state index is -0.686. The molecule has 1 fully saturated rings. The number of methoxy groups -OCH3 is 2. The molecule has 124 valence electrons. The fourth-order valence-electron chi connectivity index (χ4n) is 2.96. The van der Waals surface area contributed by atoms with Crippen LogP contribution >= 0.6 is 0 Å². The summed E-state index contributed by atoms with van der Waals surface area (Å²) < 4.78 is 10.6. The molecule has 0 aliphatic carbocycles. The van der Waals surface area contributed by atoms with E-state index in [0.29, 0.717) is 17.9 Å². The van der Waals surface area contributed by atoms with Gasteiger partial charge in [0, 0.05) is 19.5 Å². The average molecular weight is 316 g/mol. The Labute approximate surface area is 137 Å². The zero-order chi connectivity index (χ0) is 16.7. The van der Waals surface area contributed by atoms with Crippen molar-refractivity contribution < 1.29 is 14.3 Å². The summed E-state index contributed by atoms with van der Waals surface area (Å²) in [5.74, 6) is 0.614. The fourth-order valence-corrected chi connectivity index (χ4v) is 2.96. The summed E-state index contributed by atoms with van der Waals surface area (Å²) in [5, 5.41) is 9.48. The summed E-state index contributed by atoms with van der Waals surface area (Å²) in [6, 6.07) is 7.61. The minimum absolute atomic E-state index is 0.0701. The van der Waals surface area contributed by atoms with E-state index in [2.05, 4.69) is 6.07 Å². The molecular weight excluding hydrogens is 292 g/mol. The first-order chi connectivity index (χ1) is 11.2. The first-order valence-corrected chi connectivity index (χ1v) is 8.09. The monoisotopic (exact) mass is 316 g/mol. The van der Waals surface area contributed by atoms with Gasteiger partial charge in [0.05, 0.1) is 20.3 Å². The van der Waals surface area contributed by atoms with Crippen LogP contribution in [-0.4, -0.2) is 38.1 Å². The van der Waals surface area contributed by atoms with Crippen LogP contribution in [-0.2, 0) is 11.2 Å². The van der Waals surface area contributed by atoms with Crippen molar-refractivity contribution in [2.24, 2.45) is 5.92 Å². The van der Waals surface area contributed by atoms with E-state index in [1.165, 1.54) is 0 Å². The molecule has 23 heavy (non-hydrogen) atoms. The average Bonchev–Trinajstić information content (AvgIpc) is 2.88. The number of hydrogen-bond donors (Lipinski definition) is 0. The van der Waals surface area contributed by atoms with Crippen LogP contribution in [0.3, 0.4) is 0 Å². The number of nitrogens with zero attached hydrogens (tertiary/aromatic N) is 2. The molecule has 1 saturated heterocycles. The van der Waals surface area contributed by atoms with Gasteiger partial charge in [-0.25, -0.2) is 0 Å². The molecule has 1 aromatic carbocycles. The molecule has 1 amide bonds. The van der Waals surface area contributed by atoms with Crippen molar-refractivity contribution in [2.45, 2.75) is 32.1 Å². The van der Waals surface area contributed by atoms with E-state index >= 15 is 0 Å². The Morgan fingerprint density at radius 2 is 1.91 bits per heavy atom. The van der Waals surface area contributed by atoms with Gasteiger partial charge in [0.1, 0.15) is 17.4 Å². The molecule has 0 spiro atoms. The van der Waals surface area contributed by atoms with Gasteiger partial charge in [0.2, 0.25) is 5.91 Å². The van der Waals surface area contributed by atoms with Crippen LogP contribution in [0.4, 0.5) is 0 Å². The lowest BCUT2D eigenvalue weighted by molar-refractivity contribution is -0.133. The number of likely N-dealkylation sites (tertiary alicyclic amines) is 1. The Hall–Kier alpha value is -2.22. The van der Waals surface area contributed by atoms with Crippen LogP contribution in [0, 0.1) is 17.2 Å². The normalized spacial score (nSPS) is 16.1. The third-order valence-corrected chi connectivity index (χ3v) is 4.28.